The zero-order valence-electron chi connectivity index (χ0n) is 11.3. The molecule has 0 aliphatic heterocycles. The van der Waals surface area contributed by atoms with E-state index in [1.54, 1.807) is 20.3 Å². The van der Waals surface area contributed by atoms with E-state index in [9.17, 15) is 4.39 Å². The molecule has 1 atom stereocenters. The smallest absolute Gasteiger partial charge is 0.161 e. The van der Waals surface area contributed by atoms with Crippen molar-refractivity contribution in [2.75, 3.05) is 14.2 Å². The highest BCUT2D eigenvalue weighted by atomic mass is 127. The van der Waals surface area contributed by atoms with Gasteiger partial charge in [-0.15, -0.1) is 0 Å². The molecule has 0 aromatic heterocycles. The Labute approximate surface area is 153 Å². The standard InChI is InChI=1S/C15H12Br2FIO2/c1-20-13-6-10(11(16)7-14(13)21-2)15(17)9-4-3-8(18)5-12(9)19/h3-7,15H,1-2H3. The highest BCUT2D eigenvalue weighted by molar-refractivity contribution is 14.1. The summed E-state index contributed by atoms with van der Waals surface area (Å²) < 4.78 is 25.6. The molecule has 1 unspecified atom stereocenters. The lowest BCUT2D eigenvalue weighted by atomic mass is 10.0. The Kier molecular flexibility index (Phi) is 5.90. The number of hydrogen-bond acceptors (Lipinski definition) is 2. The van der Waals surface area contributed by atoms with Crippen LogP contribution in [0.2, 0.25) is 0 Å². The van der Waals surface area contributed by atoms with Crippen LogP contribution >= 0.6 is 54.5 Å². The second-order valence-electron chi connectivity index (χ2n) is 4.26. The number of hydrogen-bond donors (Lipinski definition) is 0. The van der Waals surface area contributed by atoms with Crippen LogP contribution in [0.4, 0.5) is 4.39 Å². The van der Waals surface area contributed by atoms with Crippen LogP contribution in [0.25, 0.3) is 0 Å². The topological polar surface area (TPSA) is 18.5 Å². The van der Waals surface area contributed by atoms with Crippen LogP contribution in [0.3, 0.4) is 0 Å². The molecular formula is C15H12Br2FIO2. The van der Waals surface area contributed by atoms with Gasteiger partial charge >= 0.3 is 0 Å². The minimum Gasteiger partial charge on any atom is -0.493 e. The fourth-order valence-corrected chi connectivity index (χ4v) is 4.79. The normalized spacial score (nSPS) is 12.1. The van der Waals surface area contributed by atoms with Crippen LogP contribution < -0.4 is 9.47 Å². The van der Waals surface area contributed by atoms with Crippen molar-refractivity contribution >= 4 is 54.5 Å². The van der Waals surface area contributed by atoms with E-state index in [-0.39, 0.29) is 10.6 Å². The third-order valence-electron chi connectivity index (χ3n) is 3.01. The van der Waals surface area contributed by atoms with Gasteiger partial charge in [-0.05, 0) is 58.0 Å². The maximum Gasteiger partial charge on any atom is 0.161 e. The average Bonchev–Trinajstić information content (AvgIpc) is 2.46. The molecule has 0 amide bonds. The SMILES string of the molecule is COc1cc(Br)c(C(Br)c2ccc(F)cc2I)cc1OC. The number of methoxy groups -OCH3 is 2. The summed E-state index contributed by atoms with van der Waals surface area (Å²) >= 11 is 9.35. The Hall–Kier alpha value is -0.340. The molecule has 2 rings (SSSR count). The van der Waals surface area contributed by atoms with Crippen LogP contribution in [-0.2, 0) is 0 Å². The van der Waals surface area contributed by atoms with Crippen molar-refractivity contribution in [3.8, 4) is 11.5 Å². The van der Waals surface area contributed by atoms with Gasteiger partial charge in [-0.1, -0.05) is 37.9 Å². The Bertz CT molecular complexity index is 664. The van der Waals surface area contributed by atoms with E-state index in [4.69, 9.17) is 9.47 Å². The molecule has 0 radical (unpaired) electrons. The highest BCUT2D eigenvalue weighted by Gasteiger charge is 2.19. The fraction of sp³-hybridized carbons (Fsp3) is 0.200. The molecule has 0 saturated carbocycles. The molecule has 2 aromatic rings. The van der Waals surface area contributed by atoms with Crippen molar-refractivity contribution in [1.29, 1.82) is 0 Å². The summed E-state index contributed by atoms with van der Waals surface area (Å²) in [6.45, 7) is 0. The van der Waals surface area contributed by atoms with Crippen molar-refractivity contribution in [3.05, 3.63) is 55.3 Å². The molecule has 112 valence electrons. The Morgan fingerprint density at radius 2 is 1.67 bits per heavy atom. The Morgan fingerprint density at radius 1 is 1.05 bits per heavy atom. The summed E-state index contributed by atoms with van der Waals surface area (Å²) in [5, 5.41) is 0. The first-order valence-corrected chi connectivity index (χ1v) is 8.77. The van der Waals surface area contributed by atoms with Gasteiger partial charge in [0.2, 0.25) is 0 Å². The number of halogens is 4. The first kappa shape index (κ1) is 17.0. The molecule has 0 N–H and O–H groups in total. The molecule has 0 heterocycles. The number of rotatable bonds is 4. The van der Waals surface area contributed by atoms with Crippen molar-refractivity contribution in [3.63, 3.8) is 0 Å². The molecule has 0 aliphatic rings. The number of ether oxygens (including phenoxy) is 2. The van der Waals surface area contributed by atoms with Crippen molar-refractivity contribution in [2.45, 2.75) is 4.83 Å². The number of alkyl halides is 1. The predicted octanol–water partition coefficient (Wildman–Crippen LogP) is 5.69. The van der Waals surface area contributed by atoms with Crippen molar-refractivity contribution < 1.29 is 13.9 Å². The molecular weight excluding hydrogens is 518 g/mol. The van der Waals surface area contributed by atoms with Crippen LogP contribution in [0, 0.1) is 9.39 Å². The zero-order chi connectivity index (χ0) is 15.6. The minimum atomic E-state index is -0.241. The Morgan fingerprint density at radius 3 is 2.24 bits per heavy atom. The molecule has 0 spiro atoms. The van der Waals surface area contributed by atoms with E-state index < -0.39 is 0 Å². The van der Waals surface area contributed by atoms with E-state index in [0.717, 1.165) is 19.2 Å². The van der Waals surface area contributed by atoms with Crippen LogP contribution in [0.5, 0.6) is 11.5 Å². The van der Waals surface area contributed by atoms with Gasteiger partial charge in [0.1, 0.15) is 5.82 Å². The van der Waals surface area contributed by atoms with E-state index in [0.29, 0.717) is 11.5 Å². The first-order valence-electron chi connectivity index (χ1n) is 5.98. The fourth-order valence-electron chi connectivity index (χ4n) is 1.94. The van der Waals surface area contributed by atoms with Gasteiger partial charge < -0.3 is 9.47 Å². The number of benzene rings is 2. The summed E-state index contributed by atoms with van der Waals surface area (Å²) in [5.41, 5.74) is 1.97. The largest absolute Gasteiger partial charge is 0.493 e. The van der Waals surface area contributed by atoms with E-state index in [1.165, 1.54) is 12.1 Å². The summed E-state index contributed by atoms with van der Waals surface area (Å²) in [6, 6.07) is 8.51. The van der Waals surface area contributed by atoms with Gasteiger partial charge in [0, 0.05) is 8.04 Å². The quantitative estimate of drug-likeness (QED) is 0.374. The van der Waals surface area contributed by atoms with E-state index >= 15 is 0 Å². The molecule has 0 fully saturated rings. The second kappa shape index (κ2) is 7.28. The van der Waals surface area contributed by atoms with Crippen LogP contribution in [0.1, 0.15) is 16.0 Å². The lowest BCUT2D eigenvalue weighted by Crippen LogP contribution is -2.00. The summed E-state index contributed by atoms with van der Waals surface area (Å²) in [5.74, 6) is 1.06. The maximum atomic E-state index is 13.2. The third kappa shape index (κ3) is 3.71. The second-order valence-corrected chi connectivity index (χ2v) is 7.19. The van der Waals surface area contributed by atoms with Crippen LogP contribution in [0.15, 0.2) is 34.8 Å². The van der Waals surface area contributed by atoms with Crippen molar-refractivity contribution in [1.82, 2.24) is 0 Å². The summed E-state index contributed by atoms with van der Waals surface area (Å²) in [6.07, 6.45) is 0. The molecule has 2 aromatic carbocycles. The molecule has 0 aliphatic carbocycles. The molecule has 21 heavy (non-hydrogen) atoms. The summed E-state index contributed by atoms with van der Waals surface area (Å²) in [4.78, 5) is -0.0841. The zero-order valence-corrected chi connectivity index (χ0v) is 16.6. The first-order chi connectivity index (χ1) is 9.97. The maximum absolute atomic E-state index is 13.2. The molecule has 0 bridgehead atoms. The van der Waals surface area contributed by atoms with Crippen molar-refractivity contribution in [2.24, 2.45) is 0 Å². The van der Waals surface area contributed by atoms with Gasteiger partial charge in [-0.3, -0.25) is 0 Å². The third-order valence-corrected chi connectivity index (χ3v) is 5.62. The summed E-state index contributed by atoms with van der Waals surface area (Å²) in [7, 11) is 3.19. The highest BCUT2D eigenvalue weighted by Crippen LogP contribution is 2.42. The van der Waals surface area contributed by atoms with Gasteiger partial charge in [-0.2, -0.15) is 0 Å². The van der Waals surface area contributed by atoms with Crippen LogP contribution in [-0.4, -0.2) is 14.2 Å². The molecule has 2 nitrogen and oxygen atoms in total. The van der Waals surface area contributed by atoms with Gasteiger partial charge in [0.25, 0.3) is 0 Å². The predicted molar refractivity (Wildman–Crippen MR) is 97.1 cm³/mol. The lowest BCUT2D eigenvalue weighted by Gasteiger charge is -2.17. The van der Waals surface area contributed by atoms with E-state index in [2.05, 4.69) is 54.5 Å². The van der Waals surface area contributed by atoms with E-state index in [1.807, 2.05) is 12.1 Å². The molecule has 0 saturated heterocycles. The lowest BCUT2D eigenvalue weighted by molar-refractivity contribution is 0.354. The molecule has 6 heteroatoms. The minimum absolute atomic E-state index is 0.0841. The Balaban J connectivity index is 2.50. The van der Waals surface area contributed by atoms with Gasteiger partial charge in [0.05, 0.1) is 19.0 Å². The van der Waals surface area contributed by atoms with Gasteiger partial charge in [0.15, 0.2) is 11.5 Å². The van der Waals surface area contributed by atoms with Gasteiger partial charge in [-0.25, -0.2) is 4.39 Å². The average molecular weight is 530 g/mol. The monoisotopic (exact) mass is 528 g/mol.